The summed E-state index contributed by atoms with van der Waals surface area (Å²) in [4.78, 5) is 26.2. The van der Waals surface area contributed by atoms with Gasteiger partial charge in [-0.25, -0.2) is 14.3 Å². The first-order chi connectivity index (χ1) is 13.5. The molecule has 6 nitrogen and oxygen atoms in total. The van der Waals surface area contributed by atoms with Crippen molar-refractivity contribution in [3.63, 3.8) is 0 Å². The van der Waals surface area contributed by atoms with Gasteiger partial charge < -0.3 is 9.47 Å². The van der Waals surface area contributed by atoms with Crippen LogP contribution < -0.4 is 0 Å². The summed E-state index contributed by atoms with van der Waals surface area (Å²) in [6, 6.07) is 14.7. The highest BCUT2D eigenvalue weighted by Crippen LogP contribution is 2.34. The molecule has 3 aromatic rings. The van der Waals surface area contributed by atoms with Gasteiger partial charge in [0.2, 0.25) is 0 Å². The summed E-state index contributed by atoms with van der Waals surface area (Å²) < 4.78 is 12.1. The molecule has 1 heterocycles. The van der Waals surface area contributed by atoms with Gasteiger partial charge >= 0.3 is 11.9 Å². The van der Waals surface area contributed by atoms with Gasteiger partial charge in [-0.2, -0.15) is 5.10 Å². The Labute approximate surface area is 175 Å². The highest BCUT2D eigenvalue weighted by molar-refractivity contribution is 9.10. The number of carbonyl (C=O) groups is 2. The minimum Gasteiger partial charge on any atom is -0.465 e. The lowest BCUT2D eigenvalue weighted by molar-refractivity contribution is 0.0549. The van der Waals surface area contributed by atoms with Crippen LogP contribution in [-0.4, -0.2) is 42.2 Å². The normalized spacial score (nSPS) is 10.6. The maximum atomic E-state index is 12.6. The van der Waals surface area contributed by atoms with Gasteiger partial charge in [0.1, 0.15) is 11.3 Å². The lowest BCUT2D eigenvalue weighted by Gasteiger charge is -2.07. The monoisotopic (exact) mass is 460 g/mol. The number of methoxy groups -OCH3 is 2. The zero-order valence-corrected chi connectivity index (χ0v) is 17.8. The average Bonchev–Trinajstić information content (AvgIpc) is 3.13. The van der Waals surface area contributed by atoms with Crippen LogP contribution in [0.1, 0.15) is 20.8 Å². The van der Waals surface area contributed by atoms with Crippen molar-refractivity contribution in [1.29, 1.82) is 0 Å². The quantitative estimate of drug-likeness (QED) is 0.409. The Kier molecular flexibility index (Phi) is 6.21. The van der Waals surface area contributed by atoms with Gasteiger partial charge in [-0.05, 0) is 46.5 Å². The molecule has 28 heavy (non-hydrogen) atoms. The minimum absolute atomic E-state index is 0.0145. The summed E-state index contributed by atoms with van der Waals surface area (Å²) in [5.74, 6) is -1.34. The molecule has 0 radical (unpaired) electrons. The predicted molar refractivity (Wildman–Crippen MR) is 111 cm³/mol. The van der Waals surface area contributed by atoms with E-state index in [2.05, 4.69) is 21.0 Å². The van der Waals surface area contributed by atoms with E-state index in [-0.39, 0.29) is 11.3 Å². The largest absolute Gasteiger partial charge is 0.465 e. The molecule has 0 saturated heterocycles. The van der Waals surface area contributed by atoms with E-state index >= 15 is 0 Å². The van der Waals surface area contributed by atoms with Crippen LogP contribution in [-0.2, 0) is 9.47 Å². The molecule has 2 aromatic carbocycles. The van der Waals surface area contributed by atoms with E-state index in [1.807, 2.05) is 42.7 Å². The van der Waals surface area contributed by atoms with Gasteiger partial charge in [0.05, 0.1) is 19.9 Å². The first kappa shape index (κ1) is 20.2. The smallest absolute Gasteiger partial charge is 0.357 e. The van der Waals surface area contributed by atoms with Gasteiger partial charge in [0.15, 0.2) is 5.69 Å². The number of rotatable bonds is 5. The van der Waals surface area contributed by atoms with E-state index in [4.69, 9.17) is 9.47 Å². The molecule has 1 aromatic heterocycles. The number of ether oxygens (including phenoxy) is 2. The van der Waals surface area contributed by atoms with E-state index < -0.39 is 11.9 Å². The second-order valence-electron chi connectivity index (χ2n) is 5.65. The first-order valence-electron chi connectivity index (χ1n) is 8.20. The van der Waals surface area contributed by atoms with Crippen molar-refractivity contribution >= 4 is 39.6 Å². The van der Waals surface area contributed by atoms with Crippen molar-refractivity contribution in [2.75, 3.05) is 20.5 Å². The number of carbonyl (C=O) groups excluding carboxylic acids is 2. The second kappa shape index (κ2) is 8.62. The fraction of sp³-hybridized carbons (Fsp3) is 0.150. The molecule has 0 saturated carbocycles. The Morgan fingerprint density at radius 1 is 1.04 bits per heavy atom. The molecule has 8 heteroatoms. The number of halogens is 1. The molecule has 0 fully saturated rings. The van der Waals surface area contributed by atoms with Crippen LogP contribution in [0.15, 0.2) is 57.9 Å². The summed E-state index contributed by atoms with van der Waals surface area (Å²) in [5.41, 5.74) is 1.70. The molecular formula is C20H17BrN2O4S. The van der Waals surface area contributed by atoms with Crippen LogP contribution in [0.25, 0.3) is 16.9 Å². The van der Waals surface area contributed by atoms with Gasteiger partial charge in [0.25, 0.3) is 0 Å². The van der Waals surface area contributed by atoms with Crippen LogP contribution in [0.4, 0.5) is 0 Å². The highest BCUT2D eigenvalue weighted by atomic mass is 79.9. The van der Waals surface area contributed by atoms with E-state index in [1.165, 1.54) is 18.9 Å². The van der Waals surface area contributed by atoms with Crippen molar-refractivity contribution in [2.24, 2.45) is 0 Å². The fourth-order valence-electron chi connectivity index (χ4n) is 2.77. The van der Waals surface area contributed by atoms with Crippen molar-refractivity contribution in [3.8, 4) is 16.9 Å². The zero-order chi connectivity index (χ0) is 20.3. The maximum absolute atomic E-state index is 12.6. The Balaban J connectivity index is 2.33. The Hall–Kier alpha value is -2.58. The summed E-state index contributed by atoms with van der Waals surface area (Å²) in [6.45, 7) is 0. The number of hydrogen-bond donors (Lipinski definition) is 0. The summed E-state index contributed by atoms with van der Waals surface area (Å²) in [5, 5.41) is 4.57. The van der Waals surface area contributed by atoms with Crippen molar-refractivity contribution in [3.05, 3.63) is 64.3 Å². The molecule has 144 valence electrons. The van der Waals surface area contributed by atoms with Crippen molar-refractivity contribution in [2.45, 2.75) is 4.90 Å². The number of para-hydroxylation sites is 1. The van der Waals surface area contributed by atoms with E-state index in [9.17, 15) is 9.59 Å². The van der Waals surface area contributed by atoms with Crippen LogP contribution in [0, 0.1) is 0 Å². The number of benzene rings is 2. The Morgan fingerprint density at radius 3 is 2.29 bits per heavy atom. The third kappa shape index (κ3) is 3.70. The van der Waals surface area contributed by atoms with Gasteiger partial charge in [0, 0.05) is 14.9 Å². The predicted octanol–water partition coefficient (Wildman–Crippen LogP) is 4.60. The third-order valence-corrected chi connectivity index (χ3v) is 5.79. The summed E-state index contributed by atoms with van der Waals surface area (Å²) >= 11 is 5.12. The number of esters is 2. The summed E-state index contributed by atoms with van der Waals surface area (Å²) in [7, 11) is 2.52. The van der Waals surface area contributed by atoms with Crippen molar-refractivity contribution < 1.29 is 19.1 Å². The molecule has 0 aliphatic heterocycles. The highest BCUT2D eigenvalue weighted by Gasteiger charge is 2.31. The molecule has 0 unspecified atom stereocenters. The van der Waals surface area contributed by atoms with Gasteiger partial charge in [-0.15, -0.1) is 11.8 Å². The molecular weight excluding hydrogens is 444 g/mol. The maximum Gasteiger partial charge on any atom is 0.357 e. The number of hydrogen-bond acceptors (Lipinski definition) is 6. The Bertz CT molecular complexity index is 1030. The topological polar surface area (TPSA) is 70.4 Å². The molecule has 0 amide bonds. The second-order valence-corrected chi connectivity index (χ2v) is 7.35. The number of nitrogens with zero attached hydrogens (tertiary/aromatic N) is 2. The number of thioether (sulfide) groups is 1. The zero-order valence-electron chi connectivity index (χ0n) is 15.4. The van der Waals surface area contributed by atoms with Crippen molar-refractivity contribution in [1.82, 2.24) is 9.78 Å². The number of aromatic nitrogens is 2. The lowest BCUT2D eigenvalue weighted by Crippen LogP contribution is -2.15. The fourth-order valence-corrected chi connectivity index (χ4v) is 4.09. The van der Waals surface area contributed by atoms with E-state index in [0.717, 1.165) is 9.37 Å². The minimum atomic E-state index is -0.678. The molecule has 0 N–H and O–H groups in total. The molecule has 0 bridgehead atoms. The van der Waals surface area contributed by atoms with E-state index in [1.54, 1.807) is 23.9 Å². The van der Waals surface area contributed by atoms with Crippen LogP contribution in [0.3, 0.4) is 0 Å². The van der Waals surface area contributed by atoms with Crippen LogP contribution >= 0.6 is 27.7 Å². The average molecular weight is 461 g/mol. The van der Waals surface area contributed by atoms with Gasteiger partial charge in [-0.1, -0.05) is 24.3 Å². The van der Waals surface area contributed by atoms with E-state index in [0.29, 0.717) is 16.9 Å². The standard InChI is InChI=1S/C20H17BrN2O4S/c1-26-19(24)16-17(12-9-10-15(28-3)14(21)11-12)22-23(18(16)20(25)27-2)13-7-5-4-6-8-13/h4-11H,1-3H3. The lowest BCUT2D eigenvalue weighted by atomic mass is 10.1. The summed E-state index contributed by atoms with van der Waals surface area (Å²) in [6.07, 6.45) is 1.97. The molecule has 0 atom stereocenters. The molecule has 0 spiro atoms. The van der Waals surface area contributed by atoms with Crippen LogP contribution in [0.2, 0.25) is 0 Å². The first-order valence-corrected chi connectivity index (χ1v) is 10.2. The molecule has 0 aliphatic rings. The Morgan fingerprint density at radius 2 is 1.71 bits per heavy atom. The molecule has 0 aliphatic carbocycles. The SMILES string of the molecule is COC(=O)c1c(-c2ccc(SC)c(Br)c2)nn(-c2ccccc2)c1C(=O)OC. The molecule has 3 rings (SSSR count). The van der Waals surface area contributed by atoms with Gasteiger partial charge in [-0.3, -0.25) is 0 Å². The van der Waals surface area contributed by atoms with Crippen LogP contribution in [0.5, 0.6) is 0 Å². The third-order valence-electron chi connectivity index (χ3n) is 4.08.